The number of carbonyl (C=O) groups is 1. The number of rotatable bonds is 44. The summed E-state index contributed by atoms with van der Waals surface area (Å²) in [5.74, 6) is -0.692. The van der Waals surface area contributed by atoms with Crippen molar-refractivity contribution >= 4 is 5.91 Å². The highest BCUT2D eigenvalue weighted by molar-refractivity contribution is 5.80. The van der Waals surface area contributed by atoms with Crippen LogP contribution in [0.3, 0.4) is 0 Å². The molecule has 1 saturated heterocycles. The van der Waals surface area contributed by atoms with Gasteiger partial charge >= 0.3 is 0 Å². The summed E-state index contributed by atoms with van der Waals surface area (Å²) in [6, 6.07) is -1.16. The zero-order valence-corrected chi connectivity index (χ0v) is 39.4. The van der Waals surface area contributed by atoms with E-state index in [1.165, 1.54) is 167 Å². The van der Waals surface area contributed by atoms with E-state index >= 15 is 0 Å². The minimum atomic E-state index is -1.66. The van der Waals surface area contributed by atoms with Crippen molar-refractivity contribution in [3.8, 4) is 0 Å². The van der Waals surface area contributed by atoms with Gasteiger partial charge in [0.05, 0.1) is 25.4 Å². The van der Waals surface area contributed by atoms with Crippen molar-refractivity contribution in [2.24, 2.45) is 0 Å². The Balaban J connectivity index is 2.30. The molecule has 9 atom stereocenters. The molecular weight excluding hydrogens is 775 g/mol. The van der Waals surface area contributed by atoms with Crippen molar-refractivity contribution in [2.75, 3.05) is 13.2 Å². The summed E-state index contributed by atoms with van der Waals surface area (Å²) in [6.07, 6.45) is 31.6. The van der Waals surface area contributed by atoms with Crippen molar-refractivity contribution in [2.45, 2.75) is 300 Å². The first kappa shape index (κ1) is 58.1. The minimum absolute atomic E-state index is 0.267. The van der Waals surface area contributed by atoms with Gasteiger partial charge < -0.3 is 50.5 Å². The van der Waals surface area contributed by atoms with E-state index < -0.39 is 74.2 Å². The zero-order chi connectivity index (χ0) is 44.8. The summed E-state index contributed by atoms with van der Waals surface area (Å²) >= 11 is 0. The normalized spacial score (nSPS) is 21.4. The lowest BCUT2D eigenvalue weighted by Gasteiger charge is -2.40. The molecular formula is C50H99NO10. The van der Waals surface area contributed by atoms with Gasteiger partial charge in [-0.3, -0.25) is 4.79 Å². The third-order valence-corrected chi connectivity index (χ3v) is 12.9. The molecule has 0 aromatic carbocycles. The van der Waals surface area contributed by atoms with Gasteiger partial charge in [0.1, 0.15) is 36.6 Å². The summed E-state index contributed by atoms with van der Waals surface area (Å²) in [4.78, 5) is 13.1. The average Bonchev–Trinajstić information content (AvgIpc) is 3.26. The van der Waals surface area contributed by atoms with Crippen molar-refractivity contribution in [1.29, 1.82) is 0 Å². The van der Waals surface area contributed by atoms with Gasteiger partial charge in [0, 0.05) is 0 Å². The second-order valence-corrected chi connectivity index (χ2v) is 18.6. The second kappa shape index (κ2) is 40.6. The molecule has 1 rings (SSSR count). The van der Waals surface area contributed by atoms with Gasteiger partial charge in [0.15, 0.2) is 6.29 Å². The molecule has 1 heterocycles. The highest BCUT2D eigenvalue weighted by Gasteiger charge is 2.44. The lowest BCUT2D eigenvalue weighted by Crippen LogP contribution is -2.60. The van der Waals surface area contributed by atoms with Crippen molar-refractivity contribution in [3.05, 3.63) is 0 Å². The maximum Gasteiger partial charge on any atom is 0.249 e. The van der Waals surface area contributed by atoms with Crippen LogP contribution in [-0.2, 0) is 14.3 Å². The molecule has 11 heteroatoms. The van der Waals surface area contributed by atoms with Crippen LogP contribution in [0.4, 0.5) is 0 Å². The lowest BCUT2D eigenvalue weighted by atomic mass is 9.98. The maximum atomic E-state index is 13.1. The Morgan fingerprint density at radius 1 is 0.508 bits per heavy atom. The van der Waals surface area contributed by atoms with E-state index in [0.717, 1.165) is 38.5 Å². The summed E-state index contributed by atoms with van der Waals surface area (Å²) in [6.45, 7) is 3.45. The van der Waals surface area contributed by atoms with Crippen LogP contribution in [0.25, 0.3) is 0 Å². The van der Waals surface area contributed by atoms with Gasteiger partial charge in [0.2, 0.25) is 5.91 Å². The molecule has 0 aliphatic carbocycles. The van der Waals surface area contributed by atoms with Crippen LogP contribution >= 0.6 is 0 Å². The number of aliphatic hydroxyl groups is 7. The number of carbonyl (C=O) groups excluding carboxylic acids is 1. The fourth-order valence-electron chi connectivity index (χ4n) is 8.62. The molecule has 0 bridgehead atoms. The monoisotopic (exact) mass is 874 g/mol. The van der Waals surface area contributed by atoms with Crippen LogP contribution < -0.4 is 5.32 Å². The van der Waals surface area contributed by atoms with E-state index in [1.807, 2.05) is 0 Å². The number of unbranched alkanes of at least 4 members (excludes halogenated alkanes) is 32. The molecule has 1 fully saturated rings. The highest BCUT2D eigenvalue weighted by atomic mass is 16.7. The molecule has 0 aromatic rings. The Kier molecular flexibility index (Phi) is 38.7. The van der Waals surface area contributed by atoms with E-state index in [9.17, 15) is 40.5 Å². The van der Waals surface area contributed by atoms with Gasteiger partial charge in [0.25, 0.3) is 0 Å². The standard InChI is InChI=1S/C50H99NO10/c1-3-5-7-9-11-13-15-16-17-18-19-20-21-22-23-24-25-26-28-30-32-34-36-38-43(54)49(59)51-41(40-60-50-48(58)47(57)46(56)44(39-52)61-50)45(55)42(53)37-35-33-31-29-27-14-12-10-8-6-4-2/h41-48,50,52-58H,3-40H2,1-2H3,(H,51,59). The van der Waals surface area contributed by atoms with Crippen LogP contribution in [-0.4, -0.2) is 110 Å². The van der Waals surface area contributed by atoms with E-state index in [0.29, 0.717) is 19.3 Å². The van der Waals surface area contributed by atoms with E-state index in [1.54, 1.807) is 0 Å². The van der Waals surface area contributed by atoms with E-state index in [2.05, 4.69) is 19.2 Å². The zero-order valence-electron chi connectivity index (χ0n) is 39.4. The molecule has 0 saturated carbocycles. The van der Waals surface area contributed by atoms with Crippen LogP contribution in [0.2, 0.25) is 0 Å². The molecule has 364 valence electrons. The van der Waals surface area contributed by atoms with E-state index in [-0.39, 0.29) is 6.42 Å². The highest BCUT2D eigenvalue weighted by Crippen LogP contribution is 2.23. The van der Waals surface area contributed by atoms with Crippen LogP contribution in [0, 0.1) is 0 Å². The van der Waals surface area contributed by atoms with Crippen LogP contribution in [0.15, 0.2) is 0 Å². The topological polar surface area (TPSA) is 189 Å². The summed E-state index contributed by atoms with van der Waals surface area (Å²) in [5.41, 5.74) is 0. The molecule has 8 N–H and O–H groups in total. The lowest BCUT2D eigenvalue weighted by molar-refractivity contribution is -0.303. The maximum absolute atomic E-state index is 13.1. The first-order valence-corrected chi connectivity index (χ1v) is 25.9. The largest absolute Gasteiger partial charge is 0.394 e. The molecule has 1 amide bonds. The molecule has 1 aliphatic rings. The quantitative estimate of drug-likeness (QED) is 0.0274. The number of ether oxygens (including phenoxy) is 2. The summed E-state index contributed by atoms with van der Waals surface area (Å²) in [5, 5.41) is 75.7. The second-order valence-electron chi connectivity index (χ2n) is 18.6. The molecule has 0 spiro atoms. The number of hydrogen-bond acceptors (Lipinski definition) is 10. The third kappa shape index (κ3) is 30.0. The van der Waals surface area contributed by atoms with Crippen LogP contribution in [0.5, 0.6) is 0 Å². The fraction of sp³-hybridized carbons (Fsp3) is 0.980. The Bertz CT molecular complexity index is 959. The Morgan fingerprint density at radius 2 is 0.852 bits per heavy atom. The van der Waals surface area contributed by atoms with E-state index in [4.69, 9.17) is 9.47 Å². The van der Waals surface area contributed by atoms with Crippen molar-refractivity contribution in [3.63, 3.8) is 0 Å². The van der Waals surface area contributed by atoms with Gasteiger partial charge in [-0.15, -0.1) is 0 Å². The van der Waals surface area contributed by atoms with Crippen molar-refractivity contribution < 1.29 is 50.0 Å². The predicted molar refractivity (Wildman–Crippen MR) is 247 cm³/mol. The molecule has 0 radical (unpaired) electrons. The average molecular weight is 874 g/mol. The van der Waals surface area contributed by atoms with Gasteiger partial charge in [-0.05, 0) is 12.8 Å². The predicted octanol–water partition coefficient (Wildman–Crippen LogP) is 9.45. The smallest absolute Gasteiger partial charge is 0.249 e. The fourth-order valence-corrected chi connectivity index (χ4v) is 8.62. The number of aliphatic hydroxyl groups excluding tert-OH is 7. The molecule has 0 aromatic heterocycles. The molecule has 61 heavy (non-hydrogen) atoms. The Hall–Kier alpha value is -0.890. The minimum Gasteiger partial charge on any atom is -0.394 e. The van der Waals surface area contributed by atoms with Gasteiger partial charge in [-0.1, -0.05) is 232 Å². The third-order valence-electron chi connectivity index (χ3n) is 12.9. The Morgan fingerprint density at radius 3 is 1.21 bits per heavy atom. The van der Waals surface area contributed by atoms with Gasteiger partial charge in [-0.25, -0.2) is 0 Å². The van der Waals surface area contributed by atoms with Crippen molar-refractivity contribution in [1.82, 2.24) is 5.32 Å². The summed E-state index contributed by atoms with van der Waals surface area (Å²) in [7, 11) is 0. The number of amides is 1. The van der Waals surface area contributed by atoms with Crippen LogP contribution in [0.1, 0.15) is 245 Å². The molecule has 9 unspecified atom stereocenters. The number of hydrogen-bond donors (Lipinski definition) is 8. The number of nitrogens with one attached hydrogen (secondary N) is 1. The molecule has 11 nitrogen and oxygen atoms in total. The SMILES string of the molecule is CCCCCCCCCCCCCCCCCCCCCCCCCC(O)C(=O)NC(COC1OC(CO)C(O)C(O)C1O)C(O)C(O)CCCCCCCCCCCCC. The Labute approximate surface area is 373 Å². The first-order valence-electron chi connectivity index (χ1n) is 25.9. The first-order chi connectivity index (χ1) is 29.7. The summed E-state index contributed by atoms with van der Waals surface area (Å²) < 4.78 is 11.1. The molecule has 1 aliphatic heterocycles. The van der Waals surface area contributed by atoms with Gasteiger partial charge in [-0.2, -0.15) is 0 Å².